The summed E-state index contributed by atoms with van der Waals surface area (Å²) < 4.78 is 41.6. The number of hydrogen-bond donors (Lipinski definition) is 1. The number of sulfone groups is 1. The summed E-state index contributed by atoms with van der Waals surface area (Å²) in [4.78, 5) is 15.7. The number of rotatable bonds is 8. The maximum Gasteiger partial charge on any atom is 0.250 e. The number of aromatic nitrogens is 5. The number of anilines is 1. The average molecular weight is 699 g/mol. The van der Waals surface area contributed by atoms with Gasteiger partial charge in [-0.15, -0.1) is 21.5 Å². The van der Waals surface area contributed by atoms with Gasteiger partial charge in [0.05, 0.1) is 50.5 Å². The van der Waals surface area contributed by atoms with Crippen LogP contribution in [-0.2, 0) is 27.4 Å². The minimum atomic E-state index is -3.67. The quantitative estimate of drug-likeness (QED) is 0.171. The maximum atomic E-state index is 14.2. The van der Waals surface area contributed by atoms with Gasteiger partial charge in [-0.25, -0.2) is 13.4 Å². The fraction of sp³-hybridized carbons (Fsp3) is 0.486. The third-order valence-electron chi connectivity index (χ3n) is 10.4. The van der Waals surface area contributed by atoms with Crippen molar-refractivity contribution in [1.29, 1.82) is 0 Å². The molecule has 3 aliphatic rings. The van der Waals surface area contributed by atoms with Crippen LogP contribution in [0.3, 0.4) is 0 Å². The molecule has 1 fully saturated rings. The summed E-state index contributed by atoms with van der Waals surface area (Å²) in [6, 6.07) is 8.28. The van der Waals surface area contributed by atoms with E-state index in [1.807, 2.05) is 24.5 Å². The van der Waals surface area contributed by atoms with Crippen LogP contribution in [0, 0.1) is 18.8 Å². The van der Waals surface area contributed by atoms with Crippen LogP contribution in [0.1, 0.15) is 93.9 Å². The van der Waals surface area contributed by atoms with Crippen LogP contribution in [0.4, 0.5) is 5.82 Å². The minimum Gasteiger partial charge on any atom is -0.421 e. The molecule has 0 bridgehead atoms. The highest BCUT2D eigenvalue weighted by atomic mass is 32.2. The topological polar surface area (TPSA) is 133 Å². The van der Waals surface area contributed by atoms with E-state index in [2.05, 4.69) is 60.3 Å². The normalized spacial score (nSPS) is 24.4. The van der Waals surface area contributed by atoms with Gasteiger partial charge in [0.1, 0.15) is 5.82 Å². The Morgan fingerprint density at radius 2 is 1.88 bits per heavy atom. The highest BCUT2D eigenvalue weighted by Gasteiger charge is 2.43. The highest BCUT2D eigenvalue weighted by molar-refractivity contribution is 7.92. The first-order chi connectivity index (χ1) is 23.6. The van der Waals surface area contributed by atoms with Crippen molar-refractivity contribution in [2.24, 2.45) is 11.8 Å². The third kappa shape index (κ3) is 5.95. The number of fused-ring (bicyclic) bond motifs is 3. The Hall–Kier alpha value is -3.74. The van der Waals surface area contributed by atoms with Crippen molar-refractivity contribution >= 4 is 37.1 Å². The van der Waals surface area contributed by atoms with Crippen LogP contribution >= 0.6 is 11.3 Å². The number of aryl methyl sites for hydroxylation is 3. The summed E-state index contributed by atoms with van der Waals surface area (Å²) in [5.74, 6) is 1.91. The van der Waals surface area contributed by atoms with E-state index in [4.69, 9.17) is 19.1 Å². The van der Waals surface area contributed by atoms with Crippen molar-refractivity contribution in [1.82, 2.24) is 25.1 Å². The van der Waals surface area contributed by atoms with E-state index in [1.165, 1.54) is 5.56 Å². The van der Waals surface area contributed by atoms with E-state index in [-0.39, 0.29) is 35.8 Å². The standard InChI is InChI=1S/C37H42N6O4S2/c1-19(2)26-18-49(44,45)35-32(30-17-24-12-14-39-36(34(24)48-30)41-28-11-10-27-25(28)7-6-13-38-27)31(37-43-42-22(5)47-37)29(40-33(26)35)9-8-23-15-20(3)46-21(4)16-23/h6-7,12-14,17,19-21,23,26,28H,8-11,15-16,18H2,1-5H3,(H,39,41)/t20?,21?,23?,26-,28+/m0/s1. The molecule has 0 spiro atoms. The fourth-order valence-electron chi connectivity index (χ4n) is 8.19. The van der Waals surface area contributed by atoms with Crippen LogP contribution in [0.5, 0.6) is 0 Å². The molecule has 1 saturated heterocycles. The van der Waals surface area contributed by atoms with E-state index < -0.39 is 9.84 Å². The number of thiophene rings is 1. The number of hydrogen-bond acceptors (Lipinski definition) is 11. The van der Waals surface area contributed by atoms with Gasteiger partial charge in [0.2, 0.25) is 11.8 Å². The van der Waals surface area contributed by atoms with Crippen molar-refractivity contribution in [3.8, 4) is 21.9 Å². The third-order valence-corrected chi connectivity index (χ3v) is 13.4. The molecule has 49 heavy (non-hydrogen) atoms. The van der Waals surface area contributed by atoms with Gasteiger partial charge in [0.25, 0.3) is 0 Å². The molecule has 7 heterocycles. The first-order valence-corrected chi connectivity index (χ1v) is 19.9. The molecule has 5 aromatic rings. The lowest BCUT2D eigenvalue weighted by Crippen LogP contribution is -2.29. The van der Waals surface area contributed by atoms with Crippen molar-refractivity contribution < 1.29 is 17.6 Å². The first-order valence-electron chi connectivity index (χ1n) is 17.4. The van der Waals surface area contributed by atoms with Crippen LogP contribution in [0.2, 0.25) is 0 Å². The summed E-state index contributed by atoms with van der Waals surface area (Å²) in [5, 5.41) is 13.3. The average Bonchev–Trinajstić information content (AvgIpc) is 3.84. The number of nitrogens with zero attached hydrogens (tertiary/aromatic N) is 5. The Labute approximate surface area is 291 Å². The van der Waals surface area contributed by atoms with Crippen molar-refractivity contribution in [2.45, 2.75) is 102 Å². The molecule has 8 rings (SSSR count). The van der Waals surface area contributed by atoms with Gasteiger partial charge < -0.3 is 14.5 Å². The lowest BCUT2D eigenvalue weighted by Gasteiger charge is -2.32. The molecular weight excluding hydrogens is 657 g/mol. The van der Waals surface area contributed by atoms with Gasteiger partial charge >= 0.3 is 0 Å². The monoisotopic (exact) mass is 698 g/mol. The van der Waals surface area contributed by atoms with Crippen LogP contribution in [0.25, 0.3) is 32.0 Å². The summed E-state index contributed by atoms with van der Waals surface area (Å²) in [5.41, 5.74) is 5.05. The van der Waals surface area contributed by atoms with Crippen molar-refractivity contribution in [3.05, 3.63) is 65.2 Å². The molecule has 5 aromatic heterocycles. The van der Waals surface area contributed by atoms with Crippen LogP contribution in [0.15, 0.2) is 46.0 Å². The summed E-state index contributed by atoms with van der Waals surface area (Å²) in [7, 11) is -3.67. The summed E-state index contributed by atoms with van der Waals surface area (Å²) >= 11 is 1.55. The van der Waals surface area contributed by atoms with Gasteiger partial charge in [-0.3, -0.25) is 9.97 Å². The summed E-state index contributed by atoms with van der Waals surface area (Å²) in [6.45, 7) is 10.2. The summed E-state index contributed by atoms with van der Waals surface area (Å²) in [6.07, 6.45) is 9.46. The molecule has 0 aromatic carbocycles. The number of pyridine rings is 3. The lowest BCUT2D eigenvalue weighted by molar-refractivity contribution is -0.0533. The zero-order valence-corrected chi connectivity index (χ0v) is 30.2. The predicted molar refractivity (Wildman–Crippen MR) is 190 cm³/mol. The minimum absolute atomic E-state index is 0.0368. The molecule has 1 N–H and O–H groups in total. The largest absolute Gasteiger partial charge is 0.421 e. The van der Waals surface area contributed by atoms with Gasteiger partial charge in [-0.05, 0) is 93.4 Å². The van der Waals surface area contributed by atoms with Crippen molar-refractivity contribution in [3.63, 3.8) is 0 Å². The van der Waals surface area contributed by atoms with E-state index >= 15 is 0 Å². The zero-order valence-electron chi connectivity index (χ0n) is 28.6. The van der Waals surface area contributed by atoms with Gasteiger partial charge in [-0.1, -0.05) is 19.9 Å². The second-order valence-electron chi connectivity index (χ2n) is 14.4. The van der Waals surface area contributed by atoms with E-state index in [9.17, 15) is 8.42 Å². The van der Waals surface area contributed by atoms with E-state index in [1.54, 1.807) is 18.3 Å². The van der Waals surface area contributed by atoms with E-state index in [0.717, 1.165) is 64.3 Å². The molecule has 256 valence electrons. The van der Waals surface area contributed by atoms with Crippen LogP contribution < -0.4 is 5.32 Å². The van der Waals surface area contributed by atoms with Gasteiger partial charge in [0.15, 0.2) is 9.84 Å². The second-order valence-corrected chi connectivity index (χ2v) is 17.4. The Bertz CT molecular complexity index is 2150. The molecule has 0 amide bonds. The molecule has 2 aliphatic heterocycles. The molecule has 12 heteroatoms. The molecule has 2 unspecified atom stereocenters. The smallest absolute Gasteiger partial charge is 0.250 e. The Kier molecular flexibility index (Phi) is 8.31. The highest BCUT2D eigenvalue weighted by Crippen LogP contribution is 2.51. The Morgan fingerprint density at radius 3 is 2.63 bits per heavy atom. The van der Waals surface area contributed by atoms with Crippen LogP contribution in [-0.4, -0.2) is 51.5 Å². The predicted octanol–water partition coefficient (Wildman–Crippen LogP) is 7.87. The first kappa shape index (κ1) is 32.5. The lowest BCUT2D eigenvalue weighted by atomic mass is 9.86. The molecular formula is C37H42N6O4S2. The fourth-order valence-corrected chi connectivity index (χ4v) is 11.6. The zero-order chi connectivity index (χ0) is 34.0. The van der Waals surface area contributed by atoms with Gasteiger partial charge in [0, 0.05) is 41.4 Å². The molecule has 4 atom stereocenters. The second kappa shape index (κ2) is 12.5. The Morgan fingerprint density at radius 1 is 1.06 bits per heavy atom. The number of ether oxygens (including phenoxy) is 1. The van der Waals surface area contributed by atoms with Crippen molar-refractivity contribution in [2.75, 3.05) is 11.1 Å². The maximum absolute atomic E-state index is 14.2. The molecule has 10 nitrogen and oxygen atoms in total. The molecule has 0 radical (unpaired) electrons. The Balaban J connectivity index is 1.30. The molecule has 0 saturated carbocycles. The SMILES string of the molecule is Cc1nnc(-c2c(CCC3CC(C)OC(C)C3)nc3c(c2-c2cc4ccnc(N[C@@H]5CCc6ncccc65)c4s2)S(=O)(=O)C[C@H]3C(C)C)o1. The van der Waals surface area contributed by atoms with Gasteiger partial charge in [-0.2, -0.15) is 0 Å². The molecule has 1 aliphatic carbocycles. The number of nitrogens with one attached hydrogen (secondary N) is 1. The van der Waals surface area contributed by atoms with E-state index in [0.29, 0.717) is 45.8 Å².